The minimum absolute atomic E-state index is 0.229. The Bertz CT molecular complexity index is 332. The van der Waals surface area contributed by atoms with Gasteiger partial charge in [-0.3, -0.25) is 15.0 Å². The molecule has 3 amide bonds. The molecule has 0 radical (unpaired) electrons. The minimum atomic E-state index is -0.444. The predicted octanol–water partition coefficient (Wildman–Crippen LogP) is 1.44. The van der Waals surface area contributed by atoms with Crippen LogP contribution in [0, 0.1) is 0 Å². The summed E-state index contributed by atoms with van der Waals surface area (Å²) in [5, 5.41) is 4.75. The summed E-state index contributed by atoms with van der Waals surface area (Å²) >= 11 is 2.01. The lowest BCUT2D eigenvalue weighted by molar-refractivity contribution is -0.124. The van der Waals surface area contributed by atoms with Gasteiger partial charge in [0.25, 0.3) is 0 Å². The first kappa shape index (κ1) is 16.3. The van der Waals surface area contributed by atoms with E-state index in [0.717, 1.165) is 31.7 Å². The topological polar surface area (TPSA) is 61.4 Å². The monoisotopic (exact) mass is 287 g/mol. The molecule has 5 nitrogen and oxygen atoms in total. The summed E-state index contributed by atoms with van der Waals surface area (Å²) in [7, 11) is 1.50. The third kappa shape index (κ3) is 4.11. The molecular formula is C13H25N3O2S. The van der Waals surface area contributed by atoms with Gasteiger partial charge in [-0.15, -0.1) is 0 Å². The normalized spacial score (nSPS) is 20.6. The smallest absolute Gasteiger partial charge is 0.321 e. The maximum Gasteiger partial charge on any atom is 0.321 e. The van der Waals surface area contributed by atoms with Crippen molar-refractivity contribution in [3.05, 3.63) is 0 Å². The van der Waals surface area contributed by atoms with E-state index in [0.29, 0.717) is 0 Å². The Hall–Kier alpha value is -0.750. The SMILES string of the molecule is CCC1(CC)CN([C@H](C)C(=O)NC(=O)NC)CCS1. The first-order valence-corrected chi connectivity index (χ1v) is 7.87. The Morgan fingerprint density at radius 3 is 2.53 bits per heavy atom. The molecule has 1 rings (SSSR count). The molecule has 0 aromatic rings. The van der Waals surface area contributed by atoms with Gasteiger partial charge in [0.15, 0.2) is 0 Å². The fourth-order valence-electron chi connectivity index (χ4n) is 2.33. The lowest BCUT2D eigenvalue weighted by Crippen LogP contribution is -2.55. The Labute approximate surface area is 119 Å². The van der Waals surface area contributed by atoms with Gasteiger partial charge in [-0.2, -0.15) is 11.8 Å². The van der Waals surface area contributed by atoms with Crippen LogP contribution in [0.5, 0.6) is 0 Å². The fraction of sp³-hybridized carbons (Fsp3) is 0.846. The van der Waals surface area contributed by atoms with Gasteiger partial charge in [-0.05, 0) is 19.8 Å². The van der Waals surface area contributed by atoms with E-state index in [1.807, 2.05) is 18.7 Å². The largest absolute Gasteiger partial charge is 0.341 e. The molecule has 0 spiro atoms. The summed E-state index contributed by atoms with van der Waals surface area (Å²) < 4.78 is 0.250. The van der Waals surface area contributed by atoms with Crippen LogP contribution in [0.25, 0.3) is 0 Å². The van der Waals surface area contributed by atoms with E-state index < -0.39 is 6.03 Å². The van der Waals surface area contributed by atoms with Gasteiger partial charge in [0, 0.05) is 30.6 Å². The molecule has 0 bridgehead atoms. The van der Waals surface area contributed by atoms with Crippen molar-refractivity contribution in [1.82, 2.24) is 15.5 Å². The predicted molar refractivity (Wildman–Crippen MR) is 79.4 cm³/mol. The maximum atomic E-state index is 12.0. The van der Waals surface area contributed by atoms with E-state index in [-0.39, 0.29) is 16.7 Å². The molecule has 1 aliphatic rings. The van der Waals surface area contributed by atoms with E-state index in [4.69, 9.17) is 0 Å². The maximum absolute atomic E-state index is 12.0. The van der Waals surface area contributed by atoms with Gasteiger partial charge in [-0.25, -0.2) is 4.79 Å². The van der Waals surface area contributed by atoms with E-state index in [1.54, 1.807) is 0 Å². The van der Waals surface area contributed by atoms with Crippen molar-refractivity contribution in [3.63, 3.8) is 0 Å². The first-order valence-electron chi connectivity index (χ1n) is 6.88. The molecule has 1 aliphatic heterocycles. The summed E-state index contributed by atoms with van der Waals surface area (Å²) in [5.41, 5.74) is 0. The minimum Gasteiger partial charge on any atom is -0.341 e. The molecule has 2 N–H and O–H groups in total. The zero-order chi connectivity index (χ0) is 14.5. The van der Waals surface area contributed by atoms with Crippen LogP contribution >= 0.6 is 11.8 Å². The zero-order valence-corrected chi connectivity index (χ0v) is 13.1. The number of carbonyl (C=O) groups excluding carboxylic acids is 2. The second-order valence-corrected chi connectivity index (χ2v) is 6.52. The first-order chi connectivity index (χ1) is 8.98. The van der Waals surface area contributed by atoms with Crippen LogP contribution in [0.1, 0.15) is 33.6 Å². The third-order valence-electron chi connectivity index (χ3n) is 3.96. The van der Waals surface area contributed by atoms with Crippen molar-refractivity contribution in [2.75, 3.05) is 25.9 Å². The van der Waals surface area contributed by atoms with Gasteiger partial charge in [0.1, 0.15) is 0 Å². The van der Waals surface area contributed by atoms with E-state index in [1.165, 1.54) is 7.05 Å². The summed E-state index contributed by atoms with van der Waals surface area (Å²) in [6.45, 7) is 8.08. The molecule has 110 valence electrons. The molecule has 19 heavy (non-hydrogen) atoms. The Morgan fingerprint density at radius 1 is 1.37 bits per heavy atom. The third-order valence-corrected chi connectivity index (χ3v) is 5.66. The summed E-state index contributed by atoms with van der Waals surface area (Å²) in [6.07, 6.45) is 2.21. The Kier molecular flexibility index (Phi) is 6.13. The second-order valence-electron chi connectivity index (χ2n) is 4.95. The van der Waals surface area contributed by atoms with Crippen molar-refractivity contribution < 1.29 is 9.59 Å². The molecule has 1 fully saturated rings. The average Bonchev–Trinajstić information content (AvgIpc) is 2.46. The van der Waals surface area contributed by atoms with Crippen molar-refractivity contribution in [2.24, 2.45) is 0 Å². The number of amides is 3. The van der Waals surface area contributed by atoms with E-state index in [9.17, 15) is 9.59 Å². The quantitative estimate of drug-likeness (QED) is 0.821. The number of rotatable bonds is 4. The summed E-state index contributed by atoms with van der Waals surface area (Å²) in [6, 6.07) is -0.712. The molecule has 0 aromatic carbocycles. The highest BCUT2D eigenvalue weighted by molar-refractivity contribution is 8.00. The molecule has 0 unspecified atom stereocenters. The zero-order valence-electron chi connectivity index (χ0n) is 12.3. The van der Waals surface area contributed by atoms with Gasteiger partial charge in [0.2, 0.25) is 5.91 Å². The van der Waals surface area contributed by atoms with Crippen LogP contribution in [0.4, 0.5) is 4.79 Å². The number of nitrogens with one attached hydrogen (secondary N) is 2. The van der Waals surface area contributed by atoms with Gasteiger partial charge < -0.3 is 5.32 Å². The number of urea groups is 1. The van der Waals surface area contributed by atoms with Crippen LogP contribution in [-0.4, -0.2) is 53.5 Å². The van der Waals surface area contributed by atoms with Gasteiger partial charge >= 0.3 is 6.03 Å². The van der Waals surface area contributed by atoms with Crippen molar-refractivity contribution >= 4 is 23.7 Å². The molecule has 0 aromatic heterocycles. The Balaban J connectivity index is 2.63. The highest BCUT2D eigenvalue weighted by Gasteiger charge is 2.36. The highest BCUT2D eigenvalue weighted by Crippen LogP contribution is 2.37. The Morgan fingerprint density at radius 2 is 2.00 bits per heavy atom. The number of nitrogens with zero attached hydrogens (tertiary/aromatic N) is 1. The molecule has 0 aliphatic carbocycles. The average molecular weight is 287 g/mol. The fourth-order valence-corrected chi connectivity index (χ4v) is 3.75. The van der Waals surface area contributed by atoms with E-state index in [2.05, 4.69) is 29.4 Å². The number of carbonyl (C=O) groups is 2. The van der Waals surface area contributed by atoms with Crippen molar-refractivity contribution in [2.45, 2.75) is 44.4 Å². The van der Waals surface area contributed by atoms with Crippen molar-refractivity contribution in [1.29, 1.82) is 0 Å². The molecule has 1 atom stereocenters. The second kappa shape index (κ2) is 7.14. The van der Waals surface area contributed by atoms with Crippen LogP contribution in [0.15, 0.2) is 0 Å². The standard InChI is InChI=1S/C13H25N3O2S/c1-5-13(6-2)9-16(7-8-19-13)10(3)11(17)15-12(18)14-4/h10H,5-9H2,1-4H3,(H2,14,15,17,18)/t10-/m1/s1. The number of thioether (sulfide) groups is 1. The molecular weight excluding hydrogens is 262 g/mol. The molecule has 0 saturated carbocycles. The molecule has 1 heterocycles. The van der Waals surface area contributed by atoms with Crippen LogP contribution < -0.4 is 10.6 Å². The van der Waals surface area contributed by atoms with Crippen LogP contribution in [0.2, 0.25) is 0 Å². The van der Waals surface area contributed by atoms with Gasteiger partial charge in [-0.1, -0.05) is 13.8 Å². The highest BCUT2D eigenvalue weighted by atomic mass is 32.2. The van der Waals surface area contributed by atoms with Crippen LogP contribution in [0.3, 0.4) is 0 Å². The lowest BCUT2D eigenvalue weighted by atomic mass is 10.00. The number of hydrogen-bond acceptors (Lipinski definition) is 4. The molecule has 6 heteroatoms. The molecule has 1 saturated heterocycles. The number of hydrogen-bond donors (Lipinski definition) is 2. The van der Waals surface area contributed by atoms with Crippen LogP contribution in [-0.2, 0) is 4.79 Å². The van der Waals surface area contributed by atoms with Crippen molar-refractivity contribution in [3.8, 4) is 0 Å². The number of imide groups is 1. The summed E-state index contributed by atoms with van der Waals surface area (Å²) in [4.78, 5) is 25.3. The van der Waals surface area contributed by atoms with Gasteiger partial charge in [0.05, 0.1) is 6.04 Å². The van der Waals surface area contributed by atoms with E-state index >= 15 is 0 Å². The lowest BCUT2D eigenvalue weighted by Gasteiger charge is -2.43. The summed E-state index contributed by atoms with van der Waals surface area (Å²) in [5.74, 6) is 0.812.